The Morgan fingerprint density at radius 3 is 2.19 bits per heavy atom. The molecule has 3 aromatic rings. The van der Waals surface area contributed by atoms with E-state index in [1.807, 2.05) is 30.3 Å². The molecule has 0 saturated heterocycles. The quantitative estimate of drug-likeness (QED) is 0.178. The second-order valence-electron chi connectivity index (χ2n) is 6.99. The topological polar surface area (TPSA) is 118 Å². The van der Waals surface area contributed by atoms with Crippen LogP contribution in [0.1, 0.15) is 22.7 Å². The summed E-state index contributed by atoms with van der Waals surface area (Å²) in [6.07, 6.45) is 0. The number of nitrogens with one attached hydrogen (secondary N) is 2. The third-order valence-corrected chi connectivity index (χ3v) is 4.88. The molecule has 5 N–H and O–H groups in total. The van der Waals surface area contributed by atoms with E-state index in [9.17, 15) is 4.79 Å². The monoisotopic (exact) mass is 434 g/mol. The number of carbonyl (C=O) groups excluding carboxylic acids is 1. The number of oxime groups is 1. The van der Waals surface area contributed by atoms with Crippen LogP contribution in [-0.4, -0.2) is 31.2 Å². The molecule has 0 fully saturated rings. The van der Waals surface area contributed by atoms with Gasteiger partial charge < -0.3 is 31.0 Å². The number of nitrogens with two attached hydrogens (primary N) is 1. The number of hydrogen-bond acceptors (Lipinski definition) is 6. The second kappa shape index (κ2) is 10.7. The highest BCUT2D eigenvalue weighted by molar-refractivity contribution is 5.97. The summed E-state index contributed by atoms with van der Waals surface area (Å²) >= 11 is 0. The molecule has 0 bridgehead atoms. The lowest BCUT2D eigenvalue weighted by atomic mass is 10.0. The third kappa shape index (κ3) is 5.69. The van der Waals surface area contributed by atoms with Gasteiger partial charge >= 0.3 is 0 Å². The molecule has 3 rings (SSSR count). The predicted molar refractivity (Wildman–Crippen MR) is 123 cm³/mol. The molecule has 0 aliphatic heterocycles. The molecule has 8 nitrogen and oxygen atoms in total. The number of carbonyl (C=O) groups is 1. The molecule has 0 aromatic heterocycles. The van der Waals surface area contributed by atoms with Crippen LogP contribution in [-0.2, 0) is 11.3 Å². The standard InChI is InChI=1S/C24H26N4O4/c1-31-20-12-18(13-21(14-20)32-2)22(24(29)26-15-16-6-4-3-5-7-16)27-19-10-8-17(9-11-19)23(25)28-30/h3-14,22,27,30H,15H2,1-2H3,(H2,25,28)(H,26,29). The first-order valence-corrected chi connectivity index (χ1v) is 9.93. The van der Waals surface area contributed by atoms with Crippen LogP contribution in [0.25, 0.3) is 0 Å². The van der Waals surface area contributed by atoms with E-state index in [4.69, 9.17) is 20.4 Å². The van der Waals surface area contributed by atoms with Gasteiger partial charge in [-0.3, -0.25) is 4.79 Å². The van der Waals surface area contributed by atoms with E-state index < -0.39 is 6.04 Å². The Kier molecular flexibility index (Phi) is 7.53. The summed E-state index contributed by atoms with van der Waals surface area (Å²) in [6, 6.07) is 21.2. The fourth-order valence-corrected chi connectivity index (χ4v) is 3.15. The lowest BCUT2D eigenvalue weighted by Crippen LogP contribution is -2.33. The van der Waals surface area contributed by atoms with E-state index in [-0.39, 0.29) is 11.7 Å². The maximum Gasteiger partial charge on any atom is 0.247 e. The molecule has 1 atom stereocenters. The van der Waals surface area contributed by atoms with Crippen LogP contribution in [0.3, 0.4) is 0 Å². The second-order valence-corrected chi connectivity index (χ2v) is 6.99. The van der Waals surface area contributed by atoms with Gasteiger partial charge in [0.1, 0.15) is 17.5 Å². The smallest absolute Gasteiger partial charge is 0.247 e. The van der Waals surface area contributed by atoms with Crippen LogP contribution in [0, 0.1) is 0 Å². The molecule has 0 aliphatic carbocycles. The zero-order valence-electron chi connectivity index (χ0n) is 17.9. The Bertz CT molecular complexity index is 1050. The van der Waals surface area contributed by atoms with E-state index in [0.29, 0.717) is 34.9 Å². The van der Waals surface area contributed by atoms with Gasteiger partial charge in [-0.2, -0.15) is 0 Å². The average molecular weight is 434 g/mol. The molecule has 0 spiro atoms. The molecular weight excluding hydrogens is 408 g/mol. The number of amidine groups is 1. The number of amides is 1. The highest BCUT2D eigenvalue weighted by Crippen LogP contribution is 2.29. The fourth-order valence-electron chi connectivity index (χ4n) is 3.15. The first-order valence-electron chi connectivity index (χ1n) is 9.93. The summed E-state index contributed by atoms with van der Waals surface area (Å²) in [5.74, 6) is 0.935. The van der Waals surface area contributed by atoms with Gasteiger partial charge in [0.25, 0.3) is 0 Å². The van der Waals surface area contributed by atoms with Crippen molar-refractivity contribution >= 4 is 17.4 Å². The van der Waals surface area contributed by atoms with Crippen molar-refractivity contribution in [3.8, 4) is 11.5 Å². The highest BCUT2D eigenvalue weighted by Gasteiger charge is 2.22. The zero-order chi connectivity index (χ0) is 22.9. The minimum atomic E-state index is -0.725. The number of methoxy groups -OCH3 is 2. The minimum Gasteiger partial charge on any atom is -0.497 e. The van der Waals surface area contributed by atoms with Crippen molar-refractivity contribution in [2.75, 3.05) is 19.5 Å². The normalized spacial score (nSPS) is 12.0. The Morgan fingerprint density at radius 2 is 1.62 bits per heavy atom. The Morgan fingerprint density at radius 1 is 1.00 bits per heavy atom. The zero-order valence-corrected chi connectivity index (χ0v) is 17.9. The van der Waals surface area contributed by atoms with E-state index in [2.05, 4.69) is 15.8 Å². The Balaban J connectivity index is 1.89. The molecule has 0 heterocycles. The van der Waals surface area contributed by atoms with Gasteiger partial charge in [-0.15, -0.1) is 0 Å². The molecular formula is C24H26N4O4. The van der Waals surface area contributed by atoms with Gasteiger partial charge in [-0.05, 0) is 47.5 Å². The number of hydrogen-bond donors (Lipinski definition) is 4. The number of benzene rings is 3. The fraction of sp³-hybridized carbons (Fsp3) is 0.167. The first-order chi connectivity index (χ1) is 15.5. The van der Waals surface area contributed by atoms with Crippen molar-refractivity contribution in [1.82, 2.24) is 5.32 Å². The van der Waals surface area contributed by atoms with E-state index in [1.54, 1.807) is 56.7 Å². The van der Waals surface area contributed by atoms with Crippen LogP contribution in [0.5, 0.6) is 11.5 Å². The summed E-state index contributed by atoms with van der Waals surface area (Å²) in [7, 11) is 3.12. The largest absolute Gasteiger partial charge is 0.497 e. The molecule has 166 valence electrons. The number of rotatable bonds is 9. The Labute approximate surface area is 186 Å². The van der Waals surface area contributed by atoms with Crippen LogP contribution in [0.15, 0.2) is 78.0 Å². The summed E-state index contributed by atoms with van der Waals surface area (Å²) in [5, 5.41) is 18.1. The lowest BCUT2D eigenvalue weighted by Gasteiger charge is -2.21. The first kappa shape index (κ1) is 22.5. The van der Waals surface area contributed by atoms with Gasteiger partial charge in [0.2, 0.25) is 5.91 Å². The van der Waals surface area contributed by atoms with E-state index in [1.165, 1.54) is 0 Å². The number of anilines is 1. The summed E-state index contributed by atoms with van der Waals surface area (Å²) in [5.41, 5.74) is 8.54. The lowest BCUT2D eigenvalue weighted by molar-refractivity contribution is -0.122. The van der Waals surface area contributed by atoms with Gasteiger partial charge in [-0.1, -0.05) is 35.5 Å². The van der Waals surface area contributed by atoms with Gasteiger partial charge in [0, 0.05) is 23.9 Å². The van der Waals surface area contributed by atoms with E-state index in [0.717, 1.165) is 5.56 Å². The average Bonchev–Trinajstić information content (AvgIpc) is 2.85. The van der Waals surface area contributed by atoms with Gasteiger partial charge in [0.05, 0.1) is 14.2 Å². The molecule has 0 saturated carbocycles. The van der Waals surface area contributed by atoms with Crippen molar-refractivity contribution < 1.29 is 19.5 Å². The SMILES string of the molecule is COc1cc(OC)cc(C(Nc2ccc(/C(N)=N\O)cc2)C(=O)NCc2ccccc2)c1. The predicted octanol–water partition coefficient (Wildman–Crippen LogP) is 3.27. The summed E-state index contributed by atoms with van der Waals surface area (Å²) < 4.78 is 10.7. The maximum atomic E-state index is 13.2. The van der Waals surface area contributed by atoms with Gasteiger partial charge in [-0.25, -0.2) is 0 Å². The van der Waals surface area contributed by atoms with Crippen molar-refractivity contribution in [1.29, 1.82) is 0 Å². The number of nitrogens with zero attached hydrogens (tertiary/aromatic N) is 1. The highest BCUT2D eigenvalue weighted by atomic mass is 16.5. The van der Waals surface area contributed by atoms with Crippen molar-refractivity contribution in [3.63, 3.8) is 0 Å². The molecule has 0 aliphatic rings. The van der Waals surface area contributed by atoms with Crippen LogP contribution in [0.4, 0.5) is 5.69 Å². The number of ether oxygens (including phenoxy) is 2. The van der Waals surface area contributed by atoms with Crippen molar-refractivity contribution in [2.24, 2.45) is 10.9 Å². The van der Waals surface area contributed by atoms with Gasteiger partial charge in [0.15, 0.2) is 5.84 Å². The summed E-state index contributed by atoms with van der Waals surface area (Å²) in [6.45, 7) is 0.390. The molecule has 3 aromatic carbocycles. The minimum absolute atomic E-state index is 0.00577. The van der Waals surface area contributed by atoms with Crippen LogP contribution in [0.2, 0.25) is 0 Å². The molecule has 8 heteroatoms. The van der Waals surface area contributed by atoms with Crippen LogP contribution < -0.4 is 25.8 Å². The maximum absolute atomic E-state index is 13.2. The molecule has 32 heavy (non-hydrogen) atoms. The molecule has 1 unspecified atom stereocenters. The van der Waals surface area contributed by atoms with Crippen molar-refractivity contribution in [2.45, 2.75) is 12.6 Å². The Hall–Kier alpha value is -4.20. The summed E-state index contributed by atoms with van der Waals surface area (Å²) in [4.78, 5) is 13.2. The van der Waals surface area contributed by atoms with E-state index >= 15 is 0 Å². The van der Waals surface area contributed by atoms with Crippen LogP contribution >= 0.6 is 0 Å². The molecule has 0 radical (unpaired) electrons. The molecule has 1 amide bonds. The van der Waals surface area contributed by atoms with Crippen molar-refractivity contribution in [3.05, 3.63) is 89.5 Å². The third-order valence-electron chi connectivity index (χ3n) is 4.88.